The molecule has 0 radical (unpaired) electrons. The molecule has 2 heterocycles. The molecule has 1 aliphatic rings. The van der Waals surface area contributed by atoms with Gasteiger partial charge in [-0.05, 0) is 31.4 Å². The number of aliphatic hydroxyl groups is 1. The van der Waals surface area contributed by atoms with Gasteiger partial charge in [0, 0.05) is 17.5 Å². The van der Waals surface area contributed by atoms with Crippen molar-refractivity contribution in [2.45, 2.75) is 43.0 Å². The molecular weight excluding hydrogens is 258 g/mol. The lowest BCUT2D eigenvalue weighted by Crippen LogP contribution is -2.34. The molecule has 17 heavy (non-hydrogen) atoms. The molecule has 4 nitrogen and oxygen atoms in total. The quantitative estimate of drug-likeness (QED) is 0.911. The summed E-state index contributed by atoms with van der Waals surface area (Å²) < 4.78 is 26.7. The maximum Gasteiger partial charge on any atom is 0.252 e. The molecule has 0 bridgehead atoms. The third-order valence-corrected chi connectivity index (χ3v) is 6.64. The van der Waals surface area contributed by atoms with Crippen LogP contribution in [0.3, 0.4) is 0 Å². The van der Waals surface area contributed by atoms with Crippen LogP contribution in [-0.4, -0.2) is 30.4 Å². The molecule has 1 N–H and O–H groups in total. The highest BCUT2D eigenvalue weighted by atomic mass is 32.2. The van der Waals surface area contributed by atoms with Gasteiger partial charge < -0.3 is 5.11 Å². The molecule has 0 amide bonds. The van der Waals surface area contributed by atoms with Gasteiger partial charge in [-0.15, -0.1) is 11.3 Å². The van der Waals surface area contributed by atoms with Gasteiger partial charge in [0.1, 0.15) is 4.21 Å². The third kappa shape index (κ3) is 2.40. The van der Waals surface area contributed by atoms with E-state index in [-0.39, 0.29) is 12.6 Å². The Morgan fingerprint density at radius 2 is 2.29 bits per heavy atom. The van der Waals surface area contributed by atoms with Crippen LogP contribution in [0.5, 0.6) is 0 Å². The molecule has 1 aromatic rings. The fraction of sp³-hybridized carbons (Fsp3) is 0.636. The van der Waals surface area contributed by atoms with E-state index in [4.69, 9.17) is 5.11 Å². The second-order valence-electron chi connectivity index (χ2n) is 4.20. The lowest BCUT2D eigenvalue weighted by molar-refractivity contribution is 0.285. The van der Waals surface area contributed by atoms with E-state index in [1.165, 1.54) is 0 Å². The first-order chi connectivity index (χ1) is 8.09. The summed E-state index contributed by atoms with van der Waals surface area (Å²) in [6, 6.07) is 3.41. The van der Waals surface area contributed by atoms with Crippen LogP contribution in [0.2, 0.25) is 0 Å². The fourth-order valence-electron chi connectivity index (χ4n) is 2.23. The molecule has 6 heteroatoms. The first-order valence-electron chi connectivity index (χ1n) is 5.81. The Labute approximate surface area is 106 Å². The predicted molar refractivity (Wildman–Crippen MR) is 67.4 cm³/mol. The Morgan fingerprint density at radius 1 is 1.53 bits per heavy atom. The SMILES string of the molecule is CCC1CCCN1S(=O)(=O)c1ccc(CO)s1. The van der Waals surface area contributed by atoms with E-state index in [9.17, 15) is 8.42 Å². The van der Waals surface area contributed by atoms with Crippen molar-refractivity contribution in [3.63, 3.8) is 0 Å². The standard InChI is InChI=1S/C11H17NO3S2/c1-2-9-4-3-7-12(9)17(14,15)11-6-5-10(8-13)16-11/h5-6,9,13H,2-4,7-8H2,1H3. The zero-order chi connectivity index (χ0) is 12.5. The molecule has 0 spiro atoms. The molecular formula is C11H17NO3S2. The number of rotatable bonds is 4. The highest BCUT2D eigenvalue weighted by molar-refractivity contribution is 7.91. The van der Waals surface area contributed by atoms with Gasteiger partial charge in [0.05, 0.1) is 6.61 Å². The minimum atomic E-state index is -3.35. The number of thiophene rings is 1. The number of nitrogens with zero attached hydrogens (tertiary/aromatic N) is 1. The molecule has 1 aliphatic heterocycles. The van der Waals surface area contributed by atoms with Crippen molar-refractivity contribution in [3.8, 4) is 0 Å². The molecule has 96 valence electrons. The van der Waals surface area contributed by atoms with Gasteiger partial charge in [-0.25, -0.2) is 8.42 Å². The Balaban J connectivity index is 2.29. The zero-order valence-electron chi connectivity index (χ0n) is 9.80. The summed E-state index contributed by atoms with van der Waals surface area (Å²) in [7, 11) is -3.35. The Hall–Kier alpha value is -0.430. The van der Waals surface area contributed by atoms with Crippen molar-refractivity contribution >= 4 is 21.4 Å². The van der Waals surface area contributed by atoms with Gasteiger partial charge >= 0.3 is 0 Å². The van der Waals surface area contributed by atoms with Gasteiger partial charge in [0.15, 0.2) is 0 Å². The van der Waals surface area contributed by atoms with E-state index in [0.717, 1.165) is 30.6 Å². The van der Waals surface area contributed by atoms with Crippen molar-refractivity contribution in [2.75, 3.05) is 6.54 Å². The van der Waals surface area contributed by atoms with Gasteiger partial charge in [0.25, 0.3) is 10.0 Å². The average Bonchev–Trinajstić information content (AvgIpc) is 2.97. The van der Waals surface area contributed by atoms with Gasteiger partial charge in [-0.2, -0.15) is 4.31 Å². The zero-order valence-corrected chi connectivity index (χ0v) is 11.4. The maximum absolute atomic E-state index is 12.4. The summed E-state index contributed by atoms with van der Waals surface area (Å²) in [6.45, 7) is 2.54. The lowest BCUT2D eigenvalue weighted by Gasteiger charge is -2.21. The average molecular weight is 275 g/mol. The second-order valence-corrected chi connectivity index (χ2v) is 7.48. The minimum Gasteiger partial charge on any atom is -0.391 e. The smallest absolute Gasteiger partial charge is 0.252 e. The normalized spacial score (nSPS) is 22.1. The van der Waals surface area contributed by atoms with Crippen LogP contribution in [0, 0.1) is 0 Å². The third-order valence-electron chi connectivity index (χ3n) is 3.15. The minimum absolute atomic E-state index is 0.0998. The summed E-state index contributed by atoms with van der Waals surface area (Å²) in [5, 5.41) is 8.98. The van der Waals surface area contributed by atoms with Crippen LogP contribution in [0.25, 0.3) is 0 Å². The van der Waals surface area contributed by atoms with Crippen molar-refractivity contribution in [1.82, 2.24) is 4.31 Å². The van der Waals surface area contributed by atoms with E-state index in [1.54, 1.807) is 16.4 Å². The molecule has 0 aromatic carbocycles. The summed E-state index contributed by atoms with van der Waals surface area (Å²) in [4.78, 5) is 0.691. The molecule has 1 fully saturated rings. The molecule has 1 unspecified atom stereocenters. The first kappa shape index (κ1) is 13.0. The Bertz CT molecular complexity index is 481. The van der Waals surface area contributed by atoms with E-state index < -0.39 is 10.0 Å². The number of aliphatic hydroxyl groups excluding tert-OH is 1. The largest absolute Gasteiger partial charge is 0.391 e. The number of hydrogen-bond donors (Lipinski definition) is 1. The van der Waals surface area contributed by atoms with Gasteiger partial charge in [-0.1, -0.05) is 6.92 Å². The van der Waals surface area contributed by atoms with E-state index in [0.29, 0.717) is 15.6 Å². The van der Waals surface area contributed by atoms with Crippen molar-refractivity contribution in [1.29, 1.82) is 0 Å². The lowest BCUT2D eigenvalue weighted by atomic mass is 10.2. The maximum atomic E-state index is 12.4. The molecule has 1 aromatic heterocycles. The van der Waals surface area contributed by atoms with E-state index in [2.05, 4.69) is 0 Å². The van der Waals surface area contributed by atoms with Crippen LogP contribution < -0.4 is 0 Å². The molecule has 0 aliphatic carbocycles. The van der Waals surface area contributed by atoms with Crippen LogP contribution in [0.1, 0.15) is 31.1 Å². The molecule has 2 rings (SSSR count). The molecule has 1 saturated heterocycles. The molecule has 1 atom stereocenters. The first-order valence-corrected chi connectivity index (χ1v) is 8.06. The fourth-order valence-corrected chi connectivity index (χ4v) is 5.34. The van der Waals surface area contributed by atoms with Crippen LogP contribution in [-0.2, 0) is 16.6 Å². The Kier molecular flexibility index (Phi) is 3.87. The number of hydrogen-bond acceptors (Lipinski definition) is 4. The summed E-state index contributed by atoms with van der Waals surface area (Å²) >= 11 is 1.16. The molecule has 0 saturated carbocycles. The number of sulfonamides is 1. The predicted octanol–water partition coefficient (Wildman–Crippen LogP) is 1.80. The second kappa shape index (κ2) is 5.06. The highest BCUT2D eigenvalue weighted by Crippen LogP contribution is 2.31. The Morgan fingerprint density at radius 3 is 2.88 bits per heavy atom. The van der Waals surface area contributed by atoms with Gasteiger partial charge in [-0.3, -0.25) is 0 Å². The summed E-state index contributed by atoms with van der Waals surface area (Å²) in [5.41, 5.74) is 0. The van der Waals surface area contributed by atoms with Crippen molar-refractivity contribution < 1.29 is 13.5 Å². The van der Waals surface area contributed by atoms with E-state index in [1.807, 2.05) is 6.92 Å². The summed E-state index contributed by atoms with van der Waals surface area (Å²) in [5.74, 6) is 0. The summed E-state index contributed by atoms with van der Waals surface area (Å²) in [6.07, 6.45) is 2.75. The van der Waals surface area contributed by atoms with Crippen LogP contribution in [0.4, 0.5) is 0 Å². The van der Waals surface area contributed by atoms with Crippen LogP contribution in [0.15, 0.2) is 16.3 Å². The van der Waals surface area contributed by atoms with Crippen LogP contribution >= 0.6 is 11.3 Å². The topological polar surface area (TPSA) is 57.6 Å². The highest BCUT2D eigenvalue weighted by Gasteiger charge is 2.34. The van der Waals surface area contributed by atoms with Crippen molar-refractivity contribution in [2.24, 2.45) is 0 Å². The van der Waals surface area contributed by atoms with Crippen molar-refractivity contribution in [3.05, 3.63) is 17.0 Å². The monoisotopic (exact) mass is 275 g/mol. The van der Waals surface area contributed by atoms with Gasteiger partial charge in [0.2, 0.25) is 0 Å². The van der Waals surface area contributed by atoms with E-state index >= 15 is 0 Å².